The molecule has 0 aliphatic rings. The molecule has 0 spiro atoms. The highest BCUT2D eigenvalue weighted by atomic mass is 16.4. The van der Waals surface area contributed by atoms with Crippen LogP contribution >= 0.6 is 0 Å². The summed E-state index contributed by atoms with van der Waals surface area (Å²) in [5.41, 5.74) is 0.579. The molecule has 2 atom stereocenters. The van der Waals surface area contributed by atoms with Crippen molar-refractivity contribution < 1.29 is 24.6 Å². The summed E-state index contributed by atoms with van der Waals surface area (Å²) in [6, 6.07) is 4.17. The molecule has 1 rings (SSSR count). The second-order valence-corrected chi connectivity index (χ2v) is 4.70. The second kappa shape index (κ2) is 7.28. The first-order valence-corrected chi connectivity index (χ1v) is 6.37. The van der Waals surface area contributed by atoms with E-state index in [0.717, 1.165) is 0 Å². The number of aromatic hydroxyl groups is 1. The van der Waals surface area contributed by atoms with Crippen molar-refractivity contribution in [1.29, 1.82) is 0 Å². The van der Waals surface area contributed by atoms with Gasteiger partial charge in [0.25, 0.3) is 0 Å². The van der Waals surface area contributed by atoms with E-state index < -0.39 is 24.0 Å². The number of carboxylic acid groups (broad SMARTS) is 1. The van der Waals surface area contributed by atoms with Gasteiger partial charge in [-0.25, -0.2) is 4.79 Å². The van der Waals surface area contributed by atoms with Crippen molar-refractivity contribution in [3.8, 4) is 5.75 Å². The van der Waals surface area contributed by atoms with E-state index in [1.165, 1.54) is 26.0 Å². The van der Waals surface area contributed by atoms with Gasteiger partial charge in [0.2, 0.25) is 11.8 Å². The van der Waals surface area contributed by atoms with Gasteiger partial charge in [-0.2, -0.15) is 0 Å². The minimum absolute atomic E-state index is 0.0228. The zero-order chi connectivity index (χ0) is 16.0. The molecule has 0 saturated carbocycles. The maximum absolute atomic E-state index is 11.8. The predicted octanol–water partition coefficient (Wildman–Crippen LogP) is 0.0287. The van der Waals surface area contributed by atoms with E-state index in [1.807, 2.05) is 0 Å². The van der Waals surface area contributed by atoms with Crippen molar-refractivity contribution in [3.63, 3.8) is 0 Å². The quantitative estimate of drug-likeness (QED) is 0.590. The Bertz CT molecular complexity index is 544. The van der Waals surface area contributed by atoms with Crippen LogP contribution in [0.4, 0.5) is 0 Å². The topological polar surface area (TPSA) is 116 Å². The molecule has 1 aromatic carbocycles. The zero-order valence-corrected chi connectivity index (χ0v) is 11.8. The number of amides is 2. The van der Waals surface area contributed by atoms with Crippen LogP contribution in [0.5, 0.6) is 5.75 Å². The molecule has 4 N–H and O–H groups in total. The first-order valence-electron chi connectivity index (χ1n) is 6.37. The smallest absolute Gasteiger partial charge is 0.326 e. The lowest BCUT2D eigenvalue weighted by atomic mass is 10.1. The number of nitrogens with one attached hydrogen (secondary N) is 2. The minimum Gasteiger partial charge on any atom is -0.508 e. The summed E-state index contributed by atoms with van der Waals surface area (Å²) in [5, 5.41) is 23.2. The standard InChI is InChI=1S/C14H18N2O5/c1-8(15-9(2)17)13(19)16-12(14(20)21)7-10-4-3-5-11(18)6-10/h3-6,8,12,18H,7H2,1-2H3,(H,15,17)(H,16,19)(H,20,21)/t8-,12-/m0/s1. The molecule has 7 heteroatoms. The zero-order valence-electron chi connectivity index (χ0n) is 11.8. The molecular weight excluding hydrogens is 276 g/mol. The van der Waals surface area contributed by atoms with E-state index in [1.54, 1.807) is 12.1 Å². The summed E-state index contributed by atoms with van der Waals surface area (Å²) in [5.74, 6) is -2.13. The summed E-state index contributed by atoms with van der Waals surface area (Å²) in [6.07, 6.45) is 0.0300. The van der Waals surface area contributed by atoms with Crippen LogP contribution in [0.3, 0.4) is 0 Å². The van der Waals surface area contributed by atoms with Gasteiger partial charge in [0.15, 0.2) is 0 Å². The van der Waals surface area contributed by atoms with Gasteiger partial charge in [-0.05, 0) is 24.6 Å². The molecular formula is C14H18N2O5. The second-order valence-electron chi connectivity index (χ2n) is 4.70. The molecule has 0 radical (unpaired) electrons. The first-order chi connectivity index (χ1) is 9.79. The van der Waals surface area contributed by atoms with E-state index in [4.69, 9.17) is 5.11 Å². The third-order valence-corrected chi connectivity index (χ3v) is 2.78. The van der Waals surface area contributed by atoms with Crippen LogP contribution in [-0.4, -0.2) is 40.1 Å². The molecule has 0 fully saturated rings. The Labute approximate surface area is 122 Å². The van der Waals surface area contributed by atoms with Crippen LogP contribution in [-0.2, 0) is 20.8 Å². The van der Waals surface area contributed by atoms with E-state index in [2.05, 4.69) is 10.6 Å². The number of hydrogen-bond acceptors (Lipinski definition) is 4. The summed E-state index contributed by atoms with van der Waals surface area (Å²) in [7, 11) is 0. The summed E-state index contributed by atoms with van der Waals surface area (Å²) < 4.78 is 0. The van der Waals surface area contributed by atoms with Gasteiger partial charge in [-0.1, -0.05) is 12.1 Å². The van der Waals surface area contributed by atoms with Gasteiger partial charge >= 0.3 is 5.97 Å². The molecule has 7 nitrogen and oxygen atoms in total. The summed E-state index contributed by atoms with van der Waals surface area (Å²) in [4.78, 5) is 33.9. The largest absolute Gasteiger partial charge is 0.508 e. The van der Waals surface area contributed by atoms with E-state index in [-0.39, 0.29) is 18.1 Å². The summed E-state index contributed by atoms with van der Waals surface area (Å²) in [6.45, 7) is 2.73. The highest BCUT2D eigenvalue weighted by Gasteiger charge is 2.23. The van der Waals surface area contributed by atoms with Crippen molar-refractivity contribution in [3.05, 3.63) is 29.8 Å². The molecule has 0 unspecified atom stereocenters. The molecule has 21 heavy (non-hydrogen) atoms. The number of rotatable bonds is 6. The molecule has 0 bridgehead atoms. The number of carboxylic acids is 1. The number of carbonyl (C=O) groups excluding carboxylic acids is 2. The lowest BCUT2D eigenvalue weighted by Gasteiger charge is -2.18. The van der Waals surface area contributed by atoms with Gasteiger partial charge in [0, 0.05) is 13.3 Å². The number of carbonyl (C=O) groups is 3. The normalized spacial score (nSPS) is 13.0. The van der Waals surface area contributed by atoms with Gasteiger partial charge in [0.05, 0.1) is 0 Å². The van der Waals surface area contributed by atoms with Gasteiger partial charge in [-0.15, -0.1) is 0 Å². The van der Waals surface area contributed by atoms with Crippen LogP contribution in [0.15, 0.2) is 24.3 Å². The Balaban J connectivity index is 2.72. The molecule has 0 heterocycles. The lowest BCUT2D eigenvalue weighted by Crippen LogP contribution is -2.50. The fourth-order valence-corrected chi connectivity index (χ4v) is 1.79. The first kappa shape index (κ1) is 16.5. The maximum atomic E-state index is 11.8. The fraction of sp³-hybridized carbons (Fsp3) is 0.357. The van der Waals surface area contributed by atoms with Gasteiger partial charge in [-0.3, -0.25) is 9.59 Å². The van der Waals surface area contributed by atoms with Crippen LogP contribution in [0.1, 0.15) is 19.4 Å². The highest BCUT2D eigenvalue weighted by Crippen LogP contribution is 2.12. The molecule has 0 aliphatic carbocycles. The van der Waals surface area contributed by atoms with Crippen molar-refractivity contribution in [1.82, 2.24) is 10.6 Å². The predicted molar refractivity (Wildman–Crippen MR) is 74.7 cm³/mol. The van der Waals surface area contributed by atoms with Crippen LogP contribution in [0.25, 0.3) is 0 Å². The van der Waals surface area contributed by atoms with Crippen LogP contribution < -0.4 is 10.6 Å². The maximum Gasteiger partial charge on any atom is 0.326 e. The van der Waals surface area contributed by atoms with Crippen molar-refractivity contribution in [2.75, 3.05) is 0 Å². The molecule has 0 saturated heterocycles. The third kappa shape index (κ3) is 5.52. The van der Waals surface area contributed by atoms with Crippen LogP contribution in [0.2, 0.25) is 0 Å². The number of benzene rings is 1. The van der Waals surface area contributed by atoms with E-state index in [0.29, 0.717) is 5.56 Å². The average Bonchev–Trinajstić information content (AvgIpc) is 2.36. The Kier molecular flexibility index (Phi) is 5.71. The monoisotopic (exact) mass is 294 g/mol. The Morgan fingerprint density at radius 3 is 2.43 bits per heavy atom. The highest BCUT2D eigenvalue weighted by molar-refractivity contribution is 5.89. The van der Waals surface area contributed by atoms with Gasteiger partial charge in [0.1, 0.15) is 17.8 Å². The van der Waals surface area contributed by atoms with Crippen molar-refractivity contribution in [2.45, 2.75) is 32.4 Å². The SMILES string of the molecule is CC(=O)N[C@@H](C)C(=O)N[C@@H](Cc1cccc(O)c1)C(=O)O. The van der Waals surface area contributed by atoms with E-state index in [9.17, 15) is 19.5 Å². The number of phenolic OH excluding ortho intramolecular Hbond substituents is 1. The molecule has 1 aromatic rings. The summed E-state index contributed by atoms with van der Waals surface area (Å²) >= 11 is 0. The Morgan fingerprint density at radius 1 is 1.24 bits per heavy atom. The average molecular weight is 294 g/mol. The van der Waals surface area contributed by atoms with E-state index >= 15 is 0 Å². The number of phenols is 1. The Hall–Kier alpha value is -2.57. The molecule has 0 aromatic heterocycles. The molecule has 0 aliphatic heterocycles. The molecule has 114 valence electrons. The Morgan fingerprint density at radius 2 is 1.90 bits per heavy atom. The van der Waals surface area contributed by atoms with Crippen molar-refractivity contribution >= 4 is 17.8 Å². The molecule has 2 amide bonds. The number of hydrogen-bond donors (Lipinski definition) is 4. The van der Waals surface area contributed by atoms with Gasteiger partial charge < -0.3 is 20.8 Å². The third-order valence-electron chi connectivity index (χ3n) is 2.78. The lowest BCUT2D eigenvalue weighted by molar-refractivity contribution is -0.142. The van der Waals surface area contributed by atoms with Crippen LogP contribution in [0, 0.1) is 0 Å². The minimum atomic E-state index is -1.19. The fourth-order valence-electron chi connectivity index (χ4n) is 1.79. The number of aliphatic carboxylic acids is 1. The van der Waals surface area contributed by atoms with Crippen molar-refractivity contribution in [2.24, 2.45) is 0 Å².